The van der Waals surface area contributed by atoms with Gasteiger partial charge in [-0.25, -0.2) is 18.4 Å². The van der Waals surface area contributed by atoms with E-state index < -0.39 is 23.4 Å². The van der Waals surface area contributed by atoms with Crippen LogP contribution in [0.5, 0.6) is 0 Å². The maximum absolute atomic E-state index is 13.2. The molecule has 2 saturated heterocycles. The summed E-state index contributed by atoms with van der Waals surface area (Å²) in [5.74, 6) is -1.49. The Kier molecular flexibility index (Phi) is 11.6. The molecule has 2 heterocycles. The number of amides is 4. The van der Waals surface area contributed by atoms with Crippen molar-refractivity contribution in [1.82, 2.24) is 0 Å². The van der Waals surface area contributed by atoms with Gasteiger partial charge in [-0.2, -0.15) is 10.5 Å². The summed E-state index contributed by atoms with van der Waals surface area (Å²) in [6.07, 6.45) is 3.63. The molecule has 308 valence electrons. The van der Waals surface area contributed by atoms with E-state index in [2.05, 4.69) is 10.6 Å². The number of hydrogen-bond donors (Lipinski definition) is 4. The predicted molar refractivity (Wildman–Crippen MR) is 218 cm³/mol. The molecule has 8 rings (SSSR count). The van der Waals surface area contributed by atoms with Crippen LogP contribution in [0.3, 0.4) is 0 Å². The van der Waals surface area contributed by atoms with Crippen molar-refractivity contribution >= 4 is 58.1 Å². The average molecular weight is 817 g/mol. The topological polar surface area (TPSA) is 217 Å². The highest BCUT2D eigenvalue weighted by atomic mass is 19.1. The molecule has 0 bridgehead atoms. The highest BCUT2D eigenvalue weighted by Gasteiger charge is 2.50. The number of ether oxygens (including phenoxy) is 2. The molecule has 0 atom stereocenters. The first-order valence-corrected chi connectivity index (χ1v) is 19.5. The predicted octanol–water partition coefficient (Wildman–Crippen LogP) is 7.61. The van der Waals surface area contributed by atoms with Crippen LogP contribution in [-0.4, -0.2) is 48.3 Å². The second-order valence-corrected chi connectivity index (χ2v) is 15.6. The van der Waals surface area contributed by atoms with Crippen LogP contribution in [0.2, 0.25) is 0 Å². The number of carbonyl (C=O) groups is 4. The summed E-state index contributed by atoms with van der Waals surface area (Å²) in [7, 11) is 0. The van der Waals surface area contributed by atoms with Crippen molar-refractivity contribution in [3.8, 4) is 12.1 Å². The molecule has 4 aromatic rings. The van der Waals surface area contributed by atoms with Gasteiger partial charge in [0, 0.05) is 23.2 Å². The Morgan fingerprint density at radius 2 is 1.03 bits per heavy atom. The number of nitrogens with two attached hydrogens (primary N) is 2. The molecule has 2 saturated carbocycles. The molecule has 60 heavy (non-hydrogen) atoms. The molecule has 2 spiro atoms. The smallest absolute Gasteiger partial charge is 0.415 e. The second kappa shape index (κ2) is 17.0. The van der Waals surface area contributed by atoms with Gasteiger partial charge in [-0.1, -0.05) is 0 Å². The molecule has 6 N–H and O–H groups in total. The Hall–Kier alpha value is -7.20. The van der Waals surface area contributed by atoms with E-state index in [4.69, 9.17) is 31.5 Å². The van der Waals surface area contributed by atoms with Crippen molar-refractivity contribution in [3.05, 3.63) is 108 Å². The van der Waals surface area contributed by atoms with E-state index >= 15 is 0 Å². The lowest BCUT2D eigenvalue weighted by Gasteiger charge is -2.34. The van der Waals surface area contributed by atoms with E-state index in [1.54, 1.807) is 54.6 Å². The number of nitrogen functional groups attached to an aromatic ring is 2. The fourth-order valence-corrected chi connectivity index (χ4v) is 8.17. The summed E-state index contributed by atoms with van der Waals surface area (Å²) < 4.78 is 37.7. The van der Waals surface area contributed by atoms with Gasteiger partial charge < -0.3 is 31.6 Å². The van der Waals surface area contributed by atoms with Gasteiger partial charge in [-0.15, -0.1) is 0 Å². The number of nitrogens with one attached hydrogen (secondary N) is 2. The Labute approximate surface area is 344 Å². The van der Waals surface area contributed by atoms with Crippen LogP contribution in [-0.2, 0) is 19.1 Å². The van der Waals surface area contributed by atoms with Crippen molar-refractivity contribution in [3.63, 3.8) is 0 Å². The highest BCUT2D eigenvalue weighted by Crippen LogP contribution is 2.43. The number of hydrogen-bond acceptors (Lipinski definition) is 10. The molecule has 4 aliphatic rings. The Bertz CT molecular complexity index is 2380. The number of rotatable bonds is 6. The van der Waals surface area contributed by atoms with Crippen molar-refractivity contribution in [1.29, 1.82) is 10.5 Å². The fourth-order valence-electron chi connectivity index (χ4n) is 8.17. The van der Waals surface area contributed by atoms with Crippen molar-refractivity contribution < 1.29 is 37.4 Å². The number of carbonyl (C=O) groups excluding carboxylic acids is 4. The first-order chi connectivity index (χ1) is 28.8. The Balaban J connectivity index is 0.000000181. The van der Waals surface area contributed by atoms with Gasteiger partial charge in [0.1, 0.15) is 22.8 Å². The maximum Gasteiger partial charge on any atom is 0.415 e. The third kappa shape index (κ3) is 8.93. The minimum atomic E-state index is -0.637. The van der Waals surface area contributed by atoms with Crippen molar-refractivity contribution in [2.45, 2.75) is 62.6 Å². The van der Waals surface area contributed by atoms with Gasteiger partial charge in [0.05, 0.1) is 59.1 Å². The normalized spacial score (nSPS) is 23.1. The standard InChI is InChI=1S/2C22H21FN4O3/c23-16-2-4-17(5-3-16)27-13-22(30-21(27)29)9-7-15(8-10-22)20(28)26-19-6-1-14(12-24)11-18(19)25;23-16-2-4-17(5-3-16)27-13-22(30-21(27)29)9-7-15(8-10-22)20(28)26-19-11-14(12-24)1-6-18(19)25/h2*1-6,11,15H,7-10,13,25H2,(H,26,28). The Morgan fingerprint density at radius 1 is 0.617 bits per heavy atom. The summed E-state index contributed by atoms with van der Waals surface area (Å²) in [5, 5.41) is 23.6. The lowest BCUT2D eigenvalue weighted by Crippen LogP contribution is -2.41. The molecule has 14 nitrogen and oxygen atoms in total. The summed E-state index contributed by atoms with van der Waals surface area (Å²) >= 11 is 0. The van der Waals surface area contributed by atoms with Gasteiger partial charge >= 0.3 is 12.2 Å². The van der Waals surface area contributed by atoms with E-state index in [1.807, 2.05) is 12.1 Å². The minimum Gasteiger partial charge on any atom is -0.441 e. The van der Waals surface area contributed by atoms with Crippen LogP contribution >= 0.6 is 0 Å². The van der Waals surface area contributed by atoms with Crippen LogP contribution in [0, 0.1) is 46.1 Å². The number of nitrogens with zero attached hydrogens (tertiary/aromatic N) is 4. The lowest BCUT2D eigenvalue weighted by atomic mass is 9.78. The SMILES string of the molecule is N#Cc1ccc(N)c(NC(=O)C2CCC3(CC2)CN(c2ccc(F)cc2)C(=O)O3)c1.N#Cc1ccc(NC(=O)C2CCC3(CC2)CN(c2ccc(F)cc2)C(=O)O3)c(N)c1. The number of nitriles is 2. The molecular weight excluding hydrogens is 775 g/mol. The fraction of sp³-hybridized carbons (Fsp3) is 0.318. The molecule has 4 fully saturated rings. The largest absolute Gasteiger partial charge is 0.441 e. The Morgan fingerprint density at radius 3 is 1.47 bits per heavy atom. The summed E-state index contributed by atoms with van der Waals surface area (Å²) in [6.45, 7) is 0.761. The summed E-state index contributed by atoms with van der Waals surface area (Å²) in [6, 6.07) is 24.9. The maximum atomic E-state index is 13.2. The zero-order chi connectivity index (χ0) is 42.6. The zero-order valence-corrected chi connectivity index (χ0v) is 32.5. The van der Waals surface area contributed by atoms with Crippen LogP contribution < -0.4 is 31.9 Å². The van der Waals surface area contributed by atoms with Crippen LogP contribution in [0.4, 0.5) is 52.5 Å². The van der Waals surface area contributed by atoms with E-state index in [0.29, 0.717) is 110 Å². The van der Waals surface area contributed by atoms with Gasteiger partial charge in [0.25, 0.3) is 0 Å². The highest BCUT2D eigenvalue weighted by molar-refractivity contribution is 5.97. The van der Waals surface area contributed by atoms with Crippen LogP contribution in [0.1, 0.15) is 62.5 Å². The molecule has 0 unspecified atom stereocenters. The van der Waals surface area contributed by atoms with Crippen LogP contribution in [0.15, 0.2) is 84.9 Å². The van der Waals surface area contributed by atoms with E-state index in [1.165, 1.54) is 40.1 Å². The molecule has 0 radical (unpaired) electrons. The van der Waals surface area contributed by atoms with Crippen molar-refractivity contribution in [2.75, 3.05) is 45.0 Å². The third-order valence-corrected chi connectivity index (χ3v) is 11.6. The summed E-state index contributed by atoms with van der Waals surface area (Å²) in [5.41, 5.74) is 14.2. The second-order valence-electron chi connectivity index (χ2n) is 15.6. The molecule has 2 aliphatic carbocycles. The first-order valence-electron chi connectivity index (χ1n) is 19.5. The number of benzene rings is 4. The molecule has 0 aromatic heterocycles. The van der Waals surface area contributed by atoms with Crippen LogP contribution in [0.25, 0.3) is 0 Å². The molecular formula is C44H42F2N8O6. The number of anilines is 6. The van der Waals surface area contributed by atoms with Gasteiger partial charge in [0.2, 0.25) is 11.8 Å². The molecule has 2 aliphatic heterocycles. The summed E-state index contributed by atoms with van der Waals surface area (Å²) in [4.78, 5) is 53.1. The quantitative estimate of drug-likeness (QED) is 0.140. The zero-order valence-electron chi connectivity index (χ0n) is 32.5. The minimum absolute atomic E-state index is 0.138. The average Bonchev–Trinajstić information content (AvgIpc) is 3.74. The monoisotopic (exact) mass is 816 g/mol. The van der Waals surface area contributed by atoms with Crippen molar-refractivity contribution in [2.24, 2.45) is 11.8 Å². The van der Waals surface area contributed by atoms with E-state index in [9.17, 15) is 28.0 Å². The third-order valence-electron chi connectivity index (χ3n) is 11.6. The van der Waals surface area contributed by atoms with Gasteiger partial charge in [-0.05, 0) is 136 Å². The van der Waals surface area contributed by atoms with Gasteiger partial charge in [-0.3, -0.25) is 19.4 Å². The molecule has 4 amide bonds. The molecule has 4 aromatic carbocycles. The van der Waals surface area contributed by atoms with E-state index in [0.717, 1.165) is 0 Å². The van der Waals surface area contributed by atoms with Gasteiger partial charge in [0.15, 0.2) is 0 Å². The van der Waals surface area contributed by atoms with E-state index in [-0.39, 0.29) is 35.3 Å². The lowest BCUT2D eigenvalue weighted by molar-refractivity contribution is -0.123. The molecule has 16 heteroatoms. The number of halogens is 2. The first kappa shape index (κ1) is 41.0.